The van der Waals surface area contributed by atoms with Crippen molar-refractivity contribution >= 4 is 11.8 Å². The third-order valence-corrected chi connectivity index (χ3v) is 4.91. The Morgan fingerprint density at radius 1 is 1.25 bits per heavy atom. The predicted octanol–water partition coefficient (Wildman–Crippen LogP) is 3.84. The lowest BCUT2D eigenvalue weighted by molar-refractivity contribution is -0.0498. The molecule has 0 spiro atoms. The van der Waals surface area contributed by atoms with Gasteiger partial charge in [0.05, 0.1) is 5.25 Å². The largest absolute Gasteiger partial charge is 0.435 e. The third kappa shape index (κ3) is 4.77. The Morgan fingerprint density at radius 2 is 2.00 bits per heavy atom. The lowest BCUT2D eigenvalue weighted by Gasteiger charge is -2.07. The minimum absolute atomic E-state index is 0.0559. The Morgan fingerprint density at radius 3 is 2.68 bits per heavy atom. The smallest absolute Gasteiger partial charge is 0.387 e. The average molecular weight is 410 g/mol. The molecule has 2 heterocycles. The van der Waals surface area contributed by atoms with E-state index >= 15 is 0 Å². The number of ether oxygens (including phenoxy) is 1. The molecule has 0 saturated heterocycles. The van der Waals surface area contributed by atoms with E-state index in [1.807, 2.05) is 6.92 Å². The Labute approximate surface area is 164 Å². The Kier molecular flexibility index (Phi) is 6.45. The Balaban J connectivity index is 1.69. The number of aryl methyl sites for hydroxylation is 1. The number of nitrogens with zero attached hydrogens (tertiary/aromatic N) is 5. The maximum absolute atomic E-state index is 12.2. The molecule has 0 saturated carbocycles. The predicted molar refractivity (Wildman–Crippen MR) is 99.4 cm³/mol. The maximum atomic E-state index is 12.2. The van der Waals surface area contributed by atoms with Crippen molar-refractivity contribution in [2.45, 2.75) is 50.1 Å². The molecule has 1 aromatic carbocycles. The van der Waals surface area contributed by atoms with E-state index in [0.29, 0.717) is 28.3 Å². The molecule has 0 aliphatic rings. The fraction of sp³-hybridized carbons (Fsp3) is 0.412. The van der Waals surface area contributed by atoms with Crippen molar-refractivity contribution in [1.29, 1.82) is 0 Å². The van der Waals surface area contributed by atoms with Crippen LogP contribution in [-0.2, 0) is 6.42 Å². The van der Waals surface area contributed by atoms with Gasteiger partial charge in [-0.3, -0.25) is 0 Å². The normalized spacial score (nSPS) is 12.5. The molecule has 3 rings (SSSR count). The molecule has 0 aliphatic heterocycles. The molecule has 0 bridgehead atoms. The van der Waals surface area contributed by atoms with E-state index in [1.54, 1.807) is 12.1 Å². The van der Waals surface area contributed by atoms with Gasteiger partial charge in [0.2, 0.25) is 11.0 Å². The molecule has 0 unspecified atom stereocenters. The molecule has 11 heteroatoms. The second-order valence-electron chi connectivity index (χ2n) is 5.99. The zero-order chi connectivity index (χ0) is 20.1. The number of rotatable bonds is 9. The van der Waals surface area contributed by atoms with Crippen molar-refractivity contribution in [1.82, 2.24) is 25.0 Å². The van der Waals surface area contributed by atoms with Crippen LogP contribution in [0.5, 0.6) is 5.75 Å². The van der Waals surface area contributed by atoms with Crippen LogP contribution in [0.15, 0.2) is 33.9 Å². The number of alkyl halides is 2. The number of hydrogen-bond acceptors (Lipinski definition) is 8. The van der Waals surface area contributed by atoms with Gasteiger partial charge in [0.25, 0.3) is 0 Å². The summed E-state index contributed by atoms with van der Waals surface area (Å²) >= 11 is 1.33. The van der Waals surface area contributed by atoms with Crippen molar-refractivity contribution < 1.29 is 18.0 Å². The van der Waals surface area contributed by atoms with Gasteiger partial charge in [-0.25, -0.2) is 4.68 Å². The van der Waals surface area contributed by atoms with Crippen LogP contribution in [-0.4, -0.2) is 31.6 Å². The molecular weight excluding hydrogens is 390 g/mol. The van der Waals surface area contributed by atoms with Crippen LogP contribution in [0.1, 0.15) is 43.7 Å². The molecular formula is C17H20F2N6O2S. The number of thioether (sulfide) groups is 1. The van der Waals surface area contributed by atoms with Gasteiger partial charge in [0.15, 0.2) is 11.6 Å². The summed E-state index contributed by atoms with van der Waals surface area (Å²) in [6.45, 7) is 1.14. The number of nitrogens with two attached hydrogens (primary N) is 1. The maximum Gasteiger partial charge on any atom is 0.387 e. The summed E-state index contributed by atoms with van der Waals surface area (Å²) in [5.41, 5.74) is 0.621. The third-order valence-electron chi connectivity index (χ3n) is 3.87. The molecule has 2 N–H and O–H groups in total. The van der Waals surface area contributed by atoms with E-state index in [-0.39, 0.29) is 11.0 Å². The molecule has 8 nitrogen and oxygen atoms in total. The number of aromatic nitrogens is 5. The highest BCUT2D eigenvalue weighted by atomic mass is 32.2. The lowest BCUT2D eigenvalue weighted by Crippen LogP contribution is -2.12. The van der Waals surface area contributed by atoms with Crippen LogP contribution >= 0.6 is 11.8 Å². The molecule has 1 atom stereocenters. The minimum Gasteiger partial charge on any atom is -0.435 e. The number of hydrogen-bond donors (Lipinski definition) is 1. The summed E-state index contributed by atoms with van der Waals surface area (Å²) in [4.78, 5) is 4.40. The van der Waals surface area contributed by atoms with Crippen molar-refractivity contribution in [3.8, 4) is 17.1 Å². The summed E-state index contributed by atoms with van der Waals surface area (Å²) < 4.78 is 35.5. The van der Waals surface area contributed by atoms with Crippen LogP contribution in [0.4, 0.5) is 8.78 Å². The van der Waals surface area contributed by atoms with Crippen molar-refractivity contribution in [3.05, 3.63) is 36.0 Å². The van der Waals surface area contributed by atoms with E-state index in [0.717, 1.165) is 19.3 Å². The van der Waals surface area contributed by atoms with Gasteiger partial charge in [0, 0.05) is 12.0 Å². The average Bonchev–Trinajstić information content (AvgIpc) is 3.28. The second kappa shape index (κ2) is 9.00. The van der Waals surface area contributed by atoms with Crippen LogP contribution < -0.4 is 10.6 Å². The summed E-state index contributed by atoms with van der Waals surface area (Å²) in [6, 6.07) is 6.01. The summed E-state index contributed by atoms with van der Waals surface area (Å²) in [6.07, 6.45) is 2.84. The van der Waals surface area contributed by atoms with E-state index in [1.165, 1.54) is 28.6 Å². The highest BCUT2D eigenvalue weighted by Crippen LogP contribution is 2.33. The second-order valence-corrected chi connectivity index (χ2v) is 7.30. The van der Waals surface area contributed by atoms with Crippen molar-refractivity contribution in [2.75, 3.05) is 5.84 Å². The molecule has 28 heavy (non-hydrogen) atoms. The molecule has 0 aliphatic carbocycles. The van der Waals surface area contributed by atoms with Crippen molar-refractivity contribution in [2.24, 2.45) is 0 Å². The van der Waals surface area contributed by atoms with Crippen molar-refractivity contribution in [3.63, 3.8) is 0 Å². The van der Waals surface area contributed by atoms with Gasteiger partial charge >= 0.3 is 6.61 Å². The molecule has 150 valence electrons. The highest BCUT2D eigenvalue weighted by molar-refractivity contribution is 7.99. The van der Waals surface area contributed by atoms with E-state index < -0.39 is 6.61 Å². The fourth-order valence-electron chi connectivity index (χ4n) is 2.42. The van der Waals surface area contributed by atoms with Gasteiger partial charge in [-0.1, -0.05) is 30.3 Å². The fourth-order valence-corrected chi connectivity index (χ4v) is 3.22. The lowest BCUT2D eigenvalue weighted by atomic mass is 10.2. The quantitative estimate of drug-likeness (QED) is 0.419. The van der Waals surface area contributed by atoms with Crippen LogP contribution in [0.3, 0.4) is 0 Å². The first-order chi connectivity index (χ1) is 13.5. The van der Waals surface area contributed by atoms with Crippen LogP contribution in [0.2, 0.25) is 0 Å². The SMILES string of the molecule is CCCCc1noc([C@@H](C)Sc2nnc(-c3ccc(OC(F)F)cc3)n2N)n1. The van der Waals surface area contributed by atoms with E-state index in [2.05, 4.69) is 32.0 Å². The van der Waals surface area contributed by atoms with Gasteiger partial charge in [-0.05, 0) is 37.6 Å². The van der Waals surface area contributed by atoms with E-state index in [9.17, 15) is 8.78 Å². The van der Waals surface area contributed by atoms with Gasteiger partial charge in [0.1, 0.15) is 5.75 Å². The Bertz CT molecular complexity index is 899. The van der Waals surface area contributed by atoms with Gasteiger partial charge in [-0.2, -0.15) is 13.8 Å². The van der Waals surface area contributed by atoms with Gasteiger partial charge in [-0.15, -0.1) is 10.2 Å². The minimum atomic E-state index is -2.87. The zero-order valence-corrected chi connectivity index (χ0v) is 16.2. The molecule has 3 aromatic rings. The summed E-state index contributed by atoms with van der Waals surface area (Å²) in [7, 11) is 0. The van der Waals surface area contributed by atoms with Crippen LogP contribution in [0.25, 0.3) is 11.4 Å². The first-order valence-corrected chi connectivity index (χ1v) is 9.60. The highest BCUT2D eigenvalue weighted by Gasteiger charge is 2.20. The molecule has 0 fully saturated rings. The van der Waals surface area contributed by atoms with Crippen LogP contribution in [0, 0.1) is 0 Å². The number of unbranched alkanes of at least 4 members (excludes halogenated alkanes) is 1. The monoisotopic (exact) mass is 410 g/mol. The van der Waals surface area contributed by atoms with Gasteiger partial charge < -0.3 is 15.1 Å². The first-order valence-electron chi connectivity index (χ1n) is 8.72. The Hall–Kier alpha value is -2.69. The number of benzene rings is 1. The number of halogens is 2. The zero-order valence-electron chi connectivity index (χ0n) is 15.4. The first kappa shape index (κ1) is 20.1. The topological polar surface area (TPSA) is 105 Å². The standard InChI is InChI=1S/C17H20F2N6O2S/c1-3-4-5-13-21-15(27-24-13)10(2)28-17-23-22-14(25(17)20)11-6-8-12(9-7-11)26-16(18)19/h6-10,16H,3-5,20H2,1-2H3/t10-/m1/s1. The molecule has 0 radical (unpaired) electrons. The summed E-state index contributed by atoms with van der Waals surface area (Å²) in [5.74, 6) is 7.74. The molecule has 2 aromatic heterocycles. The summed E-state index contributed by atoms with van der Waals surface area (Å²) in [5, 5.41) is 12.5. The number of nitrogen functional groups attached to an aromatic ring is 1. The van der Waals surface area contributed by atoms with E-state index in [4.69, 9.17) is 10.4 Å². The molecule has 0 amide bonds.